The Morgan fingerprint density at radius 2 is 1.87 bits per heavy atom. The third kappa shape index (κ3) is 4.28. The van der Waals surface area contributed by atoms with Crippen LogP contribution < -0.4 is 10.1 Å². The fraction of sp³-hybridized carbons (Fsp3) is 0.333. The molecule has 5 rings (SSSR count). The summed E-state index contributed by atoms with van der Waals surface area (Å²) in [6.07, 6.45) is 3.80. The first-order chi connectivity index (χ1) is 14.1. The first-order valence-electron chi connectivity index (χ1n) is 9.71. The molecule has 7 nitrogen and oxygen atoms in total. The second kappa shape index (κ2) is 9.30. The highest BCUT2D eigenvalue weighted by Crippen LogP contribution is 2.31. The van der Waals surface area contributed by atoms with Crippen molar-refractivity contribution in [3.63, 3.8) is 0 Å². The second-order valence-electron chi connectivity index (χ2n) is 7.43. The molecule has 1 saturated heterocycles. The number of methoxy groups -OCH3 is 1. The van der Waals surface area contributed by atoms with Gasteiger partial charge in [0.2, 0.25) is 0 Å². The maximum atomic E-state index is 15.0. The van der Waals surface area contributed by atoms with E-state index in [4.69, 9.17) is 4.74 Å². The number of halogens is 3. The van der Waals surface area contributed by atoms with Gasteiger partial charge < -0.3 is 10.1 Å². The predicted molar refractivity (Wildman–Crippen MR) is 122 cm³/mol. The Hall–Kier alpha value is -2.55. The lowest BCUT2D eigenvalue weighted by molar-refractivity contribution is 0.416. The monoisotopic (exact) mass is 464 g/mol. The Kier molecular flexibility index (Phi) is 6.93. The summed E-state index contributed by atoms with van der Waals surface area (Å²) in [5.41, 5.74) is 4.03. The van der Waals surface area contributed by atoms with Crippen LogP contribution in [0.15, 0.2) is 30.5 Å². The topological polar surface area (TPSA) is 77.2 Å². The summed E-state index contributed by atoms with van der Waals surface area (Å²) in [6, 6.07) is 6.91. The highest BCUT2D eigenvalue weighted by Gasteiger charge is 2.19. The average Bonchev–Trinajstić information content (AvgIpc) is 3.13. The Labute approximate surface area is 191 Å². The fourth-order valence-corrected chi connectivity index (χ4v) is 3.94. The third-order valence-electron chi connectivity index (χ3n) is 5.46. The third-order valence-corrected chi connectivity index (χ3v) is 5.46. The van der Waals surface area contributed by atoms with Crippen LogP contribution in [0.2, 0.25) is 0 Å². The normalized spacial score (nSPS) is 14.3. The van der Waals surface area contributed by atoms with Gasteiger partial charge in [0.25, 0.3) is 0 Å². The SMILES string of the molecule is COc1cc(-c2cc(F)c3cc(C4CCNCC4)nnc3c2)nn2cc(C)nc12.Cl.Cl. The van der Waals surface area contributed by atoms with E-state index >= 15 is 4.39 Å². The molecule has 4 heterocycles. The van der Waals surface area contributed by atoms with Crippen molar-refractivity contribution in [2.45, 2.75) is 25.7 Å². The van der Waals surface area contributed by atoms with Gasteiger partial charge in [0.15, 0.2) is 11.4 Å². The number of rotatable bonds is 3. The number of piperidine rings is 1. The van der Waals surface area contributed by atoms with Crippen LogP contribution in [0.3, 0.4) is 0 Å². The van der Waals surface area contributed by atoms with E-state index in [0.29, 0.717) is 39.5 Å². The molecule has 4 aromatic rings. The summed E-state index contributed by atoms with van der Waals surface area (Å²) in [5, 5.41) is 17.1. The maximum Gasteiger partial charge on any atom is 0.196 e. The summed E-state index contributed by atoms with van der Waals surface area (Å²) < 4.78 is 22.1. The van der Waals surface area contributed by atoms with Gasteiger partial charge in [-0.25, -0.2) is 13.9 Å². The van der Waals surface area contributed by atoms with Crippen molar-refractivity contribution in [3.05, 3.63) is 47.7 Å². The van der Waals surface area contributed by atoms with E-state index in [9.17, 15) is 0 Å². The van der Waals surface area contributed by atoms with Crippen LogP contribution in [-0.4, -0.2) is 45.0 Å². The van der Waals surface area contributed by atoms with Crippen LogP contribution in [-0.2, 0) is 0 Å². The van der Waals surface area contributed by atoms with Crippen molar-refractivity contribution in [1.82, 2.24) is 30.1 Å². The van der Waals surface area contributed by atoms with Crippen molar-refractivity contribution < 1.29 is 9.13 Å². The lowest BCUT2D eigenvalue weighted by Gasteiger charge is -2.21. The van der Waals surface area contributed by atoms with Crippen LogP contribution in [0, 0.1) is 12.7 Å². The summed E-state index contributed by atoms with van der Waals surface area (Å²) in [5.74, 6) is 0.575. The Morgan fingerprint density at radius 3 is 2.61 bits per heavy atom. The lowest BCUT2D eigenvalue weighted by atomic mass is 9.93. The van der Waals surface area contributed by atoms with Gasteiger partial charge in [-0.3, -0.25) is 0 Å². The number of hydrogen-bond acceptors (Lipinski definition) is 6. The number of benzene rings is 1. The summed E-state index contributed by atoms with van der Waals surface area (Å²) in [6.45, 7) is 3.80. The highest BCUT2D eigenvalue weighted by molar-refractivity contribution is 5.86. The first kappa shape index (κ1) is 23.1. The van der Waals surface area contributed by atoms with Crippen LogP contribution in [0.25, 0.3) is 27.8 Å². The first-order valence-corrected chi connectivity index (χ1v) is 9.71. The van der Waals surface area contributed by atoms with E-state index in [0.717, 1.165) is 37.3 Å². The zero-order valence-electron chi connectivity index (χ0n) is 17.1. The molecule has 1 aliphatic rings. The molecule has 0 saturated carbocycles. The molecule has 31 heavy (non-hydrogen) atoms. The molecular weight excluding hydrogens is 442 g/mol. The quantitative estimate of drug-likeness (QED) is 0.491. The van der Waals surface area contributed by atoms with Gasteiger partial charge in [-0.05, 0) is 51.1 Å². The van der Waals surface area contributed by atoms with Crippen LogP contribution in [0.5, 0.6) is 5.75 Å². The minimum absolute atomic E-state index is 0. The second-order valence-corrected chi connectivity index (χ2v) is 7.43. The lowest BCUT2D eigenvalue weighted by Crippen LogP contribution is -2.27. The summed E-state index contributed by atoms with van der Waals surface area (Å²) >= 11 is 0. The number of hydrogen-bond donors (Lipinski definition) is 1. The molecule has 1 aliphatic heterocycles. The van der Waals surface area contributed by atoms with Crippen LogP contribution in [0.4, 0.5) is 4.39 Å². The van der Waals surface area contributed by atoms with Gasteiger partial charge in [-0.1, -0.05) is 0 Å². The number of aromatic nitrogens is 5. The van der Waals surface area contributed by atoms with Crippen molar-refractivity contribution in [2.75, 3.05) is 20.2 Å². The zero-order valence-corrected chi connectivity index (χ0v) is 18.8. The fourth-order valence-electron chi connectivity index (χ4n) is 3.94. The van der Waals surface area contributed by atoms with E-state index < -0.39 is 0 Å². The van der Waals surface area contributed by atoms with Gasteiger partial charge in [0.05, 0.1) is 35.9 Å². The Bertz CT molecular complexity index is 1230. The molecule has 164 valence electrons. The number of fused-ring (bicyclic) bond motifs is 2. The molecule has 0 bridgehead atoms. The Balaban J connectivity index is 0.00000136. The summed E-state index contributed by atoms with van der Waals surface area (Å²) in [7, 11) is 1.58. The average molecular weight is 465 g/mol. The predicted octanol–water partition coefficient (Wildman–Crippen LogP) is 4.11. The number of nitrogens with zero attached hydrogens (tertiary/aromatic N) is 5. The minimum Gasteiger partial charge on any atom is -0.493 e. The van der Waals surface area contributed by atoms with E-state index in [-0.39, 0.29) is 30.6 Å². The smallest absolute Gasteiger partial charge is 0.196 e. The molecule has 0 radical (unpaired) electrons. The molecule has 3 aromatic heterocycles. The van der Waals surface area contributed by atoms with Crippen molar-refractivity contribution in [3.8, 4) is 17.0 Å². The Morgan fingerprint density at radius 1 is 1.10 bits per heavy atom. The summed E-state index contributed by atoms with van der Waals surface area (Å²) in [4.78, 5) is 4.41. The van der Waals surface area contributed by atoms with Gasteiger partial charge in [-0.15, -0.1) is 24.8 Å². The van der Waals surface area contributed by atoms with Gasteiger partial charge >= 0.3 is 0 Å². The standard InChI is InChI=1S/C21H21FN6O.2ClH/c1-12-11-28-21(24-12)20(29-2)10-18(27-28)14-7-16(22)15-9-17(25-26-19(15)8-14)13-3-5-23-6-4-13;;/h7-11,13,23H,3-6H2,1-2H3;2*1H. The number of imidazole rings is 1. The van der Waals surface area contributed by atoms with Crippen LogP contribution >= 0.6 is 24.8 Å². The van der Waals surface area contributed by atoms with E-state index in [1.807, 2.05) is 25.3 Å². The van der Waals surface area contributed by atoms with E-state index in [1.54, 1.807) is 17.7 Å². The molecule has 1 fully saturated rings. The van der Waals surface area contributed by atoms with Gasteiger partial charge in [0.1, 0.15) is 5.82 Å². The maximum absolute atomic E-state index is 15.0. The molecule has 0 unspecified atom stereocenters. The number of nitrogens with one attached hydrogen (secondary N) is 1. The highest BCUT2D eigenvalue weighted by atomic mass is 35.5. The van der Waals surface area contributed by atoms with E-state index in [1.165, 1.54) is 6.07 Å². The largest absolute Gasteiger partial charge is 0.493 e. The number of ether oxygens (including phenoxy) is 1. The molecule has 0 spiro atoms. The molecule has 10 heteroatoms. The van der Waals surface area contributed by atoms with Crippen LogP contribution in [0.1, 0.15) is 30.1 Å². The molecule has 0 atom stereocenters. The van der Waals surface area contributed by atoms with Crippen molar-refractivity contribution in [2.24, 2.45) is 0 Å². The molecule has 0 aliphatic carbocycles. The zero-order chi connectivity index (χ0) is 20.0. The van der Waals surface area contributed by atoms with Gasteiger partial charge in [-0.2, -0.15) is 15.3 Å². The molecule has 1 N–H and O–H groups in total. The van der Waals surface area contributed by atoms with E-state index in [2.05, 4.69) is 25.6 Å². The number of aryl methyl sites for hydroxylation is 1. The minimum atomic E-state index is -0.328. The molecule has 0 amide bonds. The van der Waals surface area contributed by atoms with Crippen molar-refractivity contribution >= 4 is 41.4 Å². The van der Waals surface area contributed by atoms with Crippen molar-refractivity contribution in [1.29, 1.82) is 0 Å². The van der Waals surface area contributed by atoms with Gasteiger partial charge in [0, 0.05) is 22.9 Å². The molecule has 1 aromatic carbocycles. The molecular formula is C21H23Cl2FN6O.